The van der Waals surface area contributed by atoms with Crippen LogP contribution < -0.4 is 4.57 Å². The van der Waals surface area contributed by atoms with E-state index in [9.17, 15) is 0 Å². The number of aromatic nitrogens is 2. The SMILES string of the molecule is CCCCCCCCCCCCCCC(C)[n+]1cc[nH]c1C(CCCCCCCCC)CCCCCCCCCCC. The predicted octanol–water partition coefficient (Wildman–Crippen LogP) is 14.1. The largest absolute Gasteiger partial charge is 0.257 e. The number of nitrogens with one attached hydrogen (secondary N) is 1. The summed E-state index contributed by atoms with van der Waals surface area (Å²) in [6, 6.07) is 0.619. The topological polar surface area (TPSA) is 19.7 Å². The van der Waals surface area contributed by atoms with E-state index in [2.05, 4.69) is 49.6 Å². The van der Waals surface area contributed by atoms with Crippen molar-refractivity contribution in [3.05, 3.63) is 18.2 Å². The molecule has 248 valence electrons. The molecular formula is C40H79N2+. The quantitative estimate of drug-likeness (QED) is 0.0623. The van der Waals surface area contributed by atoms with E-state index in [4.69, 9.17) is 0 Å². The fourth-order valence-electron chi connectivity index (χ4n) is 6.96. The Morgan fingerprint density at radius 3 is 1.12 bits per heavy atom. The van der Waals surface area contributed by atoms with Gasteiger partial charge < -0.3 is 0 Å². The molecule has 1 aromatic rings. The molecule has 42 heavy (non-hydrogen) atoms. The molecule has 1 rings (SSSR count). The van der Waals surface area contributed by atoms with Crippen LogP contribution in [-0.4, -0.2) is 4.98 Å². The number of hydrogen-bond acceptors (Lipinski definition) is 0. The number of aromatic amines is 1. The fraction of sp³-hybridized carbons (Fsp3) is 0.925. The van der Waals surface area contributed by atoms with Gasteiger partial charge in [-0.05, 0) is 32.6 Å². The van der Waals surface area contributed by atoms with E-state index < -0.39 is 0 Å². The third-order valence-electron chi connectivity index (χ3n) is 9.89. The van der Waals surface area contributed by atoms with E-state index >= 15 is 0 Å². The van der Waals surface area contributed by atoms with Crippen LogP contribution in [0.25, 0.3) is 0 Å². The van der Waals surface area contributed by atoms with Gasteiger partial charge >= 0.3 is 0 Å². The Hall–Kier alpha value is -0.790. The van der Waals surface area contributed by atoms with Gasteiger partial charge in [-0.25, -0.2) is 9.55 Å². The summed E-state index contributed by atoms with van der Waals surface area (Å²) in [6.45, 7) is 9.42. The highest BCUT2D eigenvalue weighted by atomic mass is 15.1. The first-order valence-corrected chi connectivity index (χ1v) is 19.8. The van der Waals surface area contributed by atoms with Gasteiger partial charge in [0, 0.05) is 0 Å². The van der Waals surface area contributed by atoms with Crippen LogP contribution in [0.3, 0.4) is 0 Å². The number of nitrogens with zero attached hydrogens (tertiary/aromatic N) is 1. The Balaban J connectivity index is 2.39. The summed E-state index contributed by atoms with van der Waals surface area (Å²) in [5, 5.41) is 0. The maximum atomic E-state index is 3.75. The van der Waals surface area contributed by atoms with E-state index in [1.807, 2.05) is 0 Å². The lowest BCUT2D eigenvalue weighted by Gasteiger charge is -2.17. The molecule has 2 nitrogen and oxygen atoms in total. The molecule has 2 atom stereocenters. The zero-order valence-corrected chi connectivity index (χ0v) is 29.7. The fourth-order valence-corrected chi connectivity index (χ4v) is 6.96. The molecule has 0 spiro atoms. The molecule has 0 amide bonds. The van der Waals surface area contributed by atoms with Crippen LogP contribution >= 0.6 is 0 Å². The molecule has 1 N–H and O–H groups in total. The van der Waals surface area contributed by atoms with Crippen LogP contribution in [0.5, 0.6) is 0 Å². The van der Waals surface area contributed by atoms with E-state index in [0.29, 0.717) is 12.0 Å². The molecule has 0 aliphatic carbocycles. The first kappa shape index (κ1) is 39.2. The summed E-state index contributed by atoms with van der Waals surface area (Å²) in [4.78, 5) is 3.75. The predicted molar refractivity (Wildman–Crippen MR) is 189 cm³/mol. The van der Waals surface area contributed by atoms with Crippen LogP contribution in [0.15, 0.2) is 12.4 Å². The average molecular weight is 588 g/mol. The molecule has 2 unspecified atom stereocenters. The second kappa shape index (κ2) is 30.2. The van der Waals surface area contributed by atoms with Crippen molar-refractivity contribution in [3.8, 4) is 0 Å². The summed E-state index contributed by atoms with van der Waals surface area (Å²) >= 11 is 0. The Morgan fingerprint density at radius 2 is 0.762 bits per heavy atom. The minimum absolute atomic E-state index is 0.619. The van der Waals surface area contributed by atoms with E-state index in [1.54, 1.807) is 0 Å². The second-order valence-corrected chi connectivity index (χ2v) is 14.0. The van der Waals surface area contributed by atoms with Gasteiger partial charge in [0.05, 0.1) is 12.0 Å². The summed E-state index contributed by atoms with van der Waals surface area (Å²) in [7, 11) is 0. The molecule has 0 aliphatic rings. The monoisotopic (exact) mass is 588 g/mol. The smallest absolute Gasteiger partial charge is 0.247 e. The summed E-state index contributed by atoms with van der Waals surface area (Å²) < 4.78 is 2.64. The summed E-state index contributed by atoms with van der Waals surface area (Å²) in [6.07, 6.45) is 48.7. The number of hydrogen-bond donors (Lipinski definition) is 1. The van der Waals surface area contributed by atoms with Crippen molar-refractivity contribution in [1.29, 1.82) is 0 Å². The van der Waals surface area contributed by atoms with Gasteiger partial charge in [-0.3, -0.25) is 0 Å². The van der Waals surface area contributed by atoms with Gasteiger partial charge in [0.2, 0.25) is 0 Å². The Morgan fingerprint density at radius 1 is 0.452 bits per heavy atom. The molecule has 2 heteroatoms. The third-order valence-corrected chi connectivity index (χ3v) is 9.89. The standard InChI is InChI=1S/C40H78N2/c1-5-8-11-14-17-19-20-21-23-25-27-30-33-38(4)42-37-36-41-40(42)39(34-31-28-24-16-13-10-7-3)35-32-29-26-22-18-15-12-9-6-2/h36-39H,5-35H2,1-4H3/p+1. The molecular weight excluding hydrogens is 508 g/mol. The van der Waals surface area contributed by atoms with E-state index in [-0.39, 0.29) is 0 Å². The van der Waals surface area contributed by atoms with E-state index in [1.165, 1.54) is 205 Å². The molecule has 0 radical (unpaired) electrons. The minimum atomic E-state index is 0.619. The Kier molecular flexibility index (Phi) is 28.3. The van der Waals surface area contributed by atoms with Gasteiger partial charge in [-0.1, -0.05) is 194 Å². The van der Waals surface area contributed by atoms with Crippen molar-refractivity contribution < 1.29 is 4.57 Å². The van der Waals surface area contributed by atoms with Gasteiger partial charge in [0.1, 0.15) is 12.4 Å². The first-order valence-electron chi connectivity index (χ1n) is 19.8. The molecule has 0 fully saturated rings. The maximum Gasteiger partial charge on any atom is 0.257 e. The lowest BCUT2D eigenvalue weighted by atomic mass is 9.92. The van der Waals surface area contributed by atoms with Crippen molar-refractivity contribution in [3.63, 3.8) is 0 Å². The number of imidazole rings is 1. The van der Waals surface area contributed by atoms with Gasteiger partial charge in [0.25, 0.3) is 5.82 Å². The van der Waals surface area contributed by atoms with E-state index in [0.717, 1.165) is 0 Å². The second-order valence-electron chi connectivity index (χ2n) is 14.0. The maximum absolute atomic E-state index is 3.75. The summed E-state index contributed by atoms with van der Waals surface area (Å²) in [5.74, 6) is 2.25. The molecule has 0 bridgehead atoms. The summed E-state index contributed by atoms with van der Waals surface area (Å²) in [5.41, 5.74) is 0. The number of rotatable bonds is 33. The number of unbranched alkanes of at least 4 members (excludes halogenated alkanes) is 25. The number of H-pyrrole nitrogens is 1. The van der Waals surface area contributed by atoms with Crippen molar-refractivity contribution in [2.24, 2.45) is 0 Å². The van der Waals surface area contributed by atoms with Crippen molar-refractivity contribution in [1.82, 2.24) is 4.98 Å². The zero-order chi connectivity index (χ0) is 30.4. The first-order chi connectivity index (χ1) is 20.7. The molecule has 0 saturated heterocycles. The zero-order valence-electron chi connectivity index (χ0n) is 29.7. The van der Waals surface area contributed by atoms with Gasteiger partial charge in [-0.2, -0.15) is 0 Å². The lowest BCUT2D eigenvalue weighted by molar-refractivity contribution is -0.727. The van der Waals surface area contributed by atoms with Crippen LogP contribution in [0.2, 0.25) is 0 Å². The highest BCUT2D eigenvalue weighted by Crippen LogP contribution is 2.27. The van der Waals surface area contributed by atoms with Crippen molar-refractivity contribution >= 4 is 0 Å². The molecule has 1 heterocycles. The highest BCUT2D eigenvalue weighted by molar-refractivity contribution is 4.90. The normalized spacial score (nSPS) is 13.1. The van der Waals surface area contributed by atoms with Crippen molar-refractivity contribution in [2.75, 3.05) is 0 Å². The van der Waals surface area contributed by atoms with Gasteiger partial charge in [-0.15, -0.1) is 0 Å². The van der Waals surface area contributed by atoms with Crippen molar-refractivity contribution in [2.45, 2.75) is 239 Å². The molecule has 0 saturated carbocycles. The molecule has 0 aromatic carbocycles. The Labute approximate surface area is 266 Å². The minimum Gasteiger partial charge on any atom is -0.247 e. The van der Waals surface area contributed by atoms with Crippen LogP contribution in [-0.2, 0) is 0 Å². The third kappa shape index (κ3) is 21.8. The Bertz CT molecular complexity index is 650. The van der Waals surface area contributed by atoms with Crippen LogP contribution in [0.1, 0.15) is 245 Å². The lowest BCUT2D eigenvalue weighted by Crippen LogP contribution is -2.41. The average Bonchev–Trinajstić information content (AvgIpc) is 3.49. The molecule has 0 aliphatic heterocycles. The van der Waals surface area contributed by atoms with Crippen LogP contribution in [0, 0.1) is 0 Å². The highest BCUT2D eigenvalue weighted by Gasteiger charge is 2.25. The van der Waals surface area contributed by atoms with Gasteiger partial charge in [0.15, 0.2) is 0 Å². The van der Waals surface area contributed by atoms with Crippen LogP contribution in [0.4, 0.5) is 0 Å². The molecule has 1 aromatic heterocycles.